The largest absolute Gasteiger partial charge is 0.338 e. The van der Waals surface area contributed by atoms with E-state index in [1.54, 1.807) is 0 Å². The Balaban J connectivity index is 2.37. The molecule has 0 aliphatic heterocycles. The molecule has 90 valence electrons. The quantitative estimate of drug-likeness (QED) is 0.780. The normalized spacial score (nSPS) is 13.6. The summed E-state index contributed by atoms with van der Waals surface area (Å²) in [6.07, 6.45) is 0. The molecule has 0 fully saturated rings. The lowest BCUT2D eigenvalue weighted by Gasteiger charge is -2.20. The lowest BCUT2D eigenvalue weighted by molar-refractivity contribution is 0.329. The SMILES string of the molecule is CC(Cl)c1noc(C(C)(C)c2ccccc2)n1. The number of benzene rings is 1. The van der Waals surface area contributed by atoms with E-state index in [0.29, 0.717) is 11.7 Å². The van der Waals surface area contributed by atoms with Crippen LogP contribution in [0.5, 0.6) is 0 Å². The highest BCUT2D eigenvalue weighted by atomic mass is 35.5. The van der Waals surface area contributed by atoms with Crippen molar-refractivity contribution in [1.29, 1.82) is 0 Å². The maximum absolute atomic E-state index is 5.93. The average Bonchev–Trinajstić information content (AvgIpc) is 2.80. The van der Waals surface area contributed by atoms with E-state index in [9.17, 15) is 0 Å². The van der Waals surface area contributed by atoms with Gasteiger partial charge in [-0.15, -0.1) is 11.6 Å². The highest BCUT2D eigenvalue weighted by Crippen LogP contribution is 2.31. The number of hydrogen-bond acceptors (Lipinski definition) is 3. The lowest BCUT2D eigenvalue weighted by Crippen LogP contribution is -2.19. The number of alkyl halides is 1. The van der Waals surface area contributed by atoms with Crippen molar-refractivity contribution >= 4 is 11.6 Å². The van der Waals surface area contributed by atoms with Gasteiger partial charge in [-0.3, -0.25) is 0 Å². The molecule has 17 heavy (non-hydrogen) atoms. The Morgan fingerprint density at radius 3 is 2.41 bits per heavy atom. The van der Waals surface area contributed by atoms with Gasteiger partial charge in [0.25, 0.3) is 0 Å². The molecule has 2 rings (SSSR count). The minimum Gasteiger partial charge on any atom is -0.338 e. The van der Waals surface area contributed by atoms with Crippen LogP contribution in [0.2, 0.25) is 0 Å². The highest BCUT2D eigenvalue weighted by molar-refractivity contribution is 6.20. The second kappa shape index (κ2) is 4.49. The summed E-state index contributed by atoms with van der Waals surface area (Å²) in [5, 5.41) is 3.65. The topological polar surface area (TPSA) is 38.9 Å². The Labute approximate surface area is 106 Å². The fourth-order valence-corrected chi connectivity index (χ4v) is 1.72. The van der Waals surface area contributed by atoms with Gasteiger partial charge in [-0.2, -0.15) is 4.98 Å². The van der Waals surface area contributed by atoms with E-state index in [2.05, 4.69) is 24.0 Å². The molecule has 2 aromatic rings. The molecule has 1 unspecified atom stereocenters. The zero-order valence-electron chi connectivity index (χ0n) is 10.1. The Morgan fingerprint density at radius 2 is 1.88 bits per heavy atom. The summed E-state index contributed by atoms with van der Waals surface area (Å²) in [5.41, 5.74) is 0.829. The summed E-state index contributed by atoms with van der Waals surface area (Å²) >= 11 is 5.93. The Hall–Kier alpha value is -1.35. The molecule has 0 radical (unpaired) electrons. The van der Waals surface area contributed by atoms with Gasteiger partial charge in [0.2, 0.25) is 5.89 Å². The molecular weight excluding hydrogens is 236 g/mol. The van der Waals surface area contributed by atoms with E-state index in [1.807, 2.05) is 37.3 Å². The molecule has 0 N–H and O–H groups in total. The van der Waals surface area contributed by atoms with Crippen LogP contribution in [-0.4, -0.2) is 10.1 Å². The van der Waals surface area contributed by atoms with Crippen molar-refractivity contribution in [2.75, 3.05) is 0 Å². The van der Waals surface area contributed by atoms with Crippen LogP contribution >= 0.6 is 11.6 Å². The fraction of sp³-hybridized carbons (Fsp3) is 0.385. The Morgan fingerprint density at radius 1 is 1.24 bits per heavy atom. The van der Waals surface area contributed by atoms with E-state index in [1.165, 1.54) is 0 Å². The maximum atomic E-state index is 5.93. The molecule has 0 aliphatic rings. The van der Waals surface area contributed by atoms with Crippen LogP contribution in [0.4, 0.5) is 0 Å². The van der Waals surface area contributed by atoms with Crippen LogP contribution < -0.4 is 0 Å². The van der Waals surface area contributed by atoms with Crippen molar-refractivity contribution in [1.82, 2.24) is 10.1 Å². The minimum atomic E-state index is -0.307. The molecule has 0 spiro atoms. The zero-order valence-corrected chi connectivity index (χ0v) is 10.9. The maximum Gasteiger partial charge on any atom is 0.236 e. The van der Waals surface area contributed by atoms with Crippen LogP contribution in [0.1, 0.15) is 43.4 Å². The van der Waals surface area contributed by atoms with Gasteiger partial charge < -0.3 is 4.52 Å². The van der Waals surface area contributed by atoms with Crippen molar-refractivity contribution in [3.05, 3.63) is 47.6 Å². The number of halogens is 1. The number of hydrogen-bond donors (Lipinski definition) is 0. The third kappa shape index (κ3) is 2.34. The number of aromatic nitrogens is 2. The summed E-state index contributed by atoms with van der Waals surface area (Å²) in [7, 11) is 0. The second-order valence-corrected chi connectivity index (χ2v) is 5.22. The molecule has 1 heterocycles. The predicted octanol–water partition coefficient (Wildman–Crippen LogP) is 3.70. The van der Waals surface area contributed by atoms with Gasteiger partial charge in [0, 0.05) is 0 Å². The molecular formula is C13H15ClN2O. The van der Waals surface area contributed by atoms with Crippen LogP contribution in [0.3, 0.4) is 0 Å². The standard InChI is InChI=1S/C13H15ClN2O/c1-9(14)11-15-12(17-16-11)13(2,3)10-7-5-4-6-8-10/h4-9H,1-3H3. The van der Waals surface area contributed by atoms with Crippen molar-refractivity contribution in [2.24, 2.45) is 0 Å². The van der Waals surface area contributed by atoms with E-state index in [-0.39, 0.29) is 10.8 Å². The fourth-order valence-electron chi connectivity index (χ4n) is 1.63. The van der Waals surface area contributed by atoms with E-state index in [4.69, 9.17) is 16.1 Å². The molecule has 0 bridgehead atoms. The Kier molecular flexibility index (Phi) is 3.20. The van der Waals surface area contributed by atoms with Gasteiger partial charge in [-0.25, -0.2) is 0 Å². The van der Waals surface area contributed by atoms with Crippen LogP contribution in [0, 0.1) is 0 Å². The number of rotatable bonds is 3. The van der Waals surface area contributed by atoms with Gasteiger partial charge in [0.05, 0.1) is 10.8 Å². The highest BCUT2D eigenvalue weighted by Gasteiger charge is 2.30. The summed E-state index contributed by atoms with van der Waals surface area (Å²) in [6, 6.07) is 10.1. The first kappa shape index (κ1) is 12.1. The van der Waals surface area contributed by atoms with Crippen LogP contribution in [-0.2, 0) is 5.41 Å². The van der Waals surface area contributed by atoms with Gasteiger partial charge in [-0.05, 0) is 26.3 Å². The second-order valence-electron chi connectivity index (χ2n) is 4.56. The smallest absolute Gasteiger partial charge is 0.236 e. The van der Waals surface area contributed by atoms with Gasteiger partial charge in [0.1, 0.15) is 0 Å². The molecule has 0 amide bonds. The first-order valence-corrected chi connectivity index (χ1v) is 5.99. The van der Waals surface area contributed by atoms with Crippen LogP contribution in [0.15, 0.2) is 34.9 Å². The molecule has 4 heteroatoms. The molecule has 0 saturated heterocycles. The summed E-state index contributed by atoms with van der Waals surface area (Å²) < 4.78 is 5.30. The number of nitrogens with zero attached hydrogens (tertiary/aromatic N) is 2. The van der Waals surface area contributed by atoms with Crippen molar-refractivity contribution < 1.29 is 4.52 Å². The zero-order chi connectivity index (χ0) is 12.5. The summed E-state index contributed by atoms with van der Waals surface area (Å²) in [5.74, 6) is 1.12. The van der Waals surface area contributed by atoms with Gasteiger partial charge >= 0.3 is 0 Å². The van der Waals surface area contributed by atoms with Crippen molar-refractivity contribution in [3.8, 4) is 0 Å². The molecule has 0 aliphatic carbocycles. The van der Waals surface area contributed by atoms with Crippen molar-refractivity contribution in [2.45, 2.75) is 31.6 Å². The average molecular weight is 251 g/mol. The molecule has 3 nitrogen and oxygen atoms in total. The molecule has 1 atom stereocenters. The molecule has 0 saturated carbocycles. The first-order chi connectivity index (χ1) is 8.01. The summed E-state index contributed by atoms with van der Waals surface area (Å²) in [4.78, 5) is 4.35. The summed E-state index contributed by atoms with van der Waals surface area (Å²) in [6.45, 7) is 5.93. The van der Waals surface area contributed by atoms with Gasteiger partial charge in [0.15, 0.2) is 5.82 Å². The molecule has 1 aromatic heterocycles. The Bertz CT molecular complexity index is 491. The minimum absolute atomic E-state index is 0.237. The lowest BCUT2D eigenvalue weighted by atomic mass is 9.84. The van der Waals surface area contributed by atoms with Crippen molar-refractivity contribution in [3.63, 3.8) is 0 Å². The van der Waals surface area contributed by atoms with E-state index < -0.39 is 0 Å². The third-order valence-electron chi connectivity index (χ3n) is 2.83. The third-order valence-corrected chi connectivity index (χ3v) is 3.02. The monoisotopic (exact) mass is 250 g/mol. The van der Waals surface area contributed by atoms with E-state index >= 15 is 0 Å². The van der Waals surface area contributed by atoms with E-state index in [0.717, 1.165) is 5.56 Å². The van der Waals surface area contributed by atoms with Gasteiger partial charge in [-0.1, -0.05) is 35.5 Å². The first-order valence-electron chi connectivity index (χ1n) is 5.55. The molecule has 1 aromatic carbocycles. The van der Waals surface area contributed by atoms with Crippen LogP contribution in [0.25, 0.3) is 0 Å². The predicted molar refractivity (Wildman–Crippen MR) is 67.1 cm³/mol.